The van der Waals surface area contributed by atoms with Crippen LogP contribution in [-0.2, 0) is 0 Å². The predicted molar refractivity (Wildman–Crippen MR) is 107 cm³/mol. The summed E-state index contributed by atoms with van der Waals surface area (Å²) >= 11 is 0. The fourth-order valence-corrected chi connectivity index (χ4v) is 5.11. The standard InChI is InChI=1S/C24H29F5O/c1-2-3-16-4-6-17(7-5-16)18-8-10-19(11-9-18)20-14-21(25)23(22(26)15-20)30-13-12-24(27,28)29/h2-3,12-19H,4-11H2,1H3. The van der Waals surface area contributed by atoms with Gasteiger partial charge in [0.25, 0.3) is 0 Å². The van der Waals surface area contributed by atoms with E-state index in [1.807, 2.05) is 0 Å². The zero-order chi connectivity index (χ0) is 21.7. The van der Waals surface area contributed by atoms with E-state index in [4.69, 9.17) is 0 Å². The Morgan fingerprint density at radius 3 is 1.90 bits per heavy atom. The van der Waals surface area contributed by atoms with Crippen molar-refractivity contribution >= 4 is 0 Å². The molecule has 0 aromatic heterocycles. The summed E-state index contributed by atoms with van der Waals surface area (Å²) in [5.41, 5.74) is 0.562. The van der Waals surface area contributed by atoms with Crippen molar-refractivity contribution in [3.05, 3.63) is 53.8 Å². The topological polar surface area (TPSA) is 9.23 Å². The molecule has 2 aliphatic carbocycles. The molecule has 166 valence electrons. The first kappa shape index (κ1) is 22.8. The lowest BCUT2D eigenvalue weighted by molar-refractivity contribution is -0.0809. The van der Waals surface area contributed by atoms with Crippen LogP contribution < -0.4 is 4.74 Å². The van der Waals surface area contributed by atoms with Gasteiger partial charge in [-0.3, -0.25) is 0 Å². The second kappa shape index (κ2) is 9.97. The zero-order valence-corrected chi connectivity index (χ0v) is 17.2. The van der Waals surface area contributed by atoms with Crippen molar-refractivity contribution in [3.8, 4) is 5.75 Å². The van der Waals surface area contributed by atoms with Gasteiger partial charge in [-0.05, 0) is 99.7 Å². The highest BCUT2D eigenvalue weighted by molar-refractivity contribution is 5.34. The van der Waals surface area contributed by atoms with Gasteiger partial charge in [0.2, 0.25) is 0 Å². The third kappa shape index (κ3) is 6.08. The largest absolute Gasteiger partial charge is 0.459 e. The minimum absolute atomic E-state index is 0.0735. The van der Waals surface area contributed by atoms with Gasteiger partial charge in [0.05, 0.1) is 12.3 Å². The molecule has 3 rings (SSSR count). The van der Waals surface area contributed by atoms with Crippen molar-refractivity contribution in [1.82, 2.24) is 0 Å². The van der Waals surface area contributed by atoms with Crippen LogP contribution in [-0.4, -0.2) is 6.18 Å². The minimum Gasteiger partial charge on any atom is -0.459 e. The third-order valence-corrected chi connectivity index (χ3v) is 6.65. The van der Waals surface area contributed by atoms with E-state index in [0.717, 1.165) is 31.6 Å². The molecule has 2 fully saturated rings. The fraction of sp³-hybridized carbons (Fsp3) is 0.583. The number of benzene rings is 1. The van der Waals surface area contributed by atoms with E-state index in [1.165, 1.54) is 37.8 Å². The Kier molecular flexibility index (Phi) is 7.59. The van der Waals surface area contributed by atoms with Crippen LogP contribution in [0.1, 0.15) is 69.8 Å². The van der Waals surface area contributed by atoms with Gasteiger partial charge in [0.1, 0.15) is 0 Å². The Bertz CT molecular complexity index is 728. The number of ether oxygens (including phenoxy) is 1. The Balaban J connectivity index is 1.56. The molecule has 0 N–H and O–H groups in total. The molecular weight excluding hydrogens is 399 g/mol. The molecule has 6 heteroatoms. The van der Waals surface area contributed by atoms with E-state index in [2.05, 4.69) is 23.8 Å². The highest BCUT2D eigenvalue weighted by atomic mass is 19.4. The molecule has 1 aromatic carbocycles. The van der Waals surface area contributed by atoms with Crippen molar-refractivity contribution in [2.45, 2.75) is 70.4 Å². The van der Waals surface area contributed by atoms with Crippen LogP contribution in [0.3, 0.4) is 0 Å². The molecule has 30 heavy (non-hydrogen) atoms. The maximum atomic E-state index is 14.3. The first-order valence-electron chi connectivity index (χ1n) is 10.8. The molecule has 0 atom stereocenters. The molecular formula is C24H29F5O. The summed E-state index contributed by atoms with van der Waals surface area (Å²) in [5, 5.41) is 0. The normalized spacial score (nSPS) is 28.3. The molecule has 0 saturated heterocycles. The summed E-state index contributed by atoms with van der Waals surface area (Å²) < 4.78 is 69.5. The van der Waals surface area contributed by atoms with Gasteiger partial charge in [0, 0.05) is 0 Å². The lowest BCUT2D eigenvalue weighted by Gasteiger charge is -2.37. The number of alkyl halides is 3. The second-order valence-corrected chi connectivity index (χ2v) is 8.59. The summed E-state index contributed by atoms with van der Waals surface area (Å²) in [6.45, 7) is 2.07. The number of hydrogen-bond donors (Lipinski definition) is 0. The van der Waals surface area contributed by atoms with Crippen molar-refractivity contribution in [2.24, 2.45) is 17.8 Å². The average Bonchev–Trinajstić information content (AvgIpc) is 2.70. The average molecular weight is 428 g/mol. The van der Waals surface area contributed by atoms with Gasteiger partial charge in [-0.15, -0.1) is 0 Å². The van der Waals surface area contributed by atoms with Gasteiger partial charge in [-0.2, -0.15) is 13.2 Å². The quantitative estimate of drug-likeness (QED) is 0.262. The Hall–Kier alpha value is -1.85. The summed E-state index contributed by atoms with van der Waals surface area (Å²) in [5.74, 6) is -0.535. The van der Waals surface area contributed by atoms with Crippen molar-refractivity contribution < 1.29 is 26.7 Å². The van der Waals surface area contributed by atoms with Crippen molar-refractivity contribution in [1.29, 1.82) is 0 Å². The molecule has 0 spiro atoms. The summed E-state index contributed by atoms with van der Waals surface area (Å²) in [6, 6.07) is 2.40. The third-order valence-electron chi connectivity index (χ3n) is 6.65. The first-order valence-corrected chi connectivity index (χ1v) is 10.8. The van der Waals surface area contributed by atoms with Gasteiger partial charge in [0.15, 0.2) is 17.4 Å². The smallest absolute Gasteiger partial charge is 0.412 e. The SMILES string of the molecule is CC=CC1CCC(C2CCC(c3cc(F)c(OC=CC(F)(F)F)c(F)c3)CC2)CC1. The van der Waals surface area contributed by atoms with Crippen molar-refractivity contribution in [2.75, 3.05) is 0 Å². The summed E-state index contributed by atoms with van der Waals surface area (Å²) in [7, 11) is 0. The molecule has 0 bridgehead atoms. The molecule has 1 nitrogen and oxygen atoms in total. The van der Waals surface area contributed by atoms with Gasteiger partial charge >= 0.3 is 6.18 Å². The van der Waals surface area contributed by atoms with E-state index >= 15 is 0 Å². The maximum Gasteiger partial charge on any atom is 0.412 e. The van der Waals surface area contributed by atoms with E-state index in [9.17, 15) is 22.0 Å². The summed E-state index contributed by atoms with van der Waals surface area (Å²) in [4.78, 5) is 0. The molecule has 0 heterocycles. The van der Waals surface area contributed by atoms with E-state index < -0.39 is 23.6 Å². The highest BCUT2D eigenvalue weighted by Gasteiger charge is 2.31. The van der Waals surface area contributed by atoms with Crippen LogP contribution in [0.15, 0.2) is 36.6 Å². The Morgan fingerprint density at radius 2 is 1.40 bits per heavy atom. The van der Waals surface area contributed by atoms with Crippen LogP contribution in [0.4, 0.5) is 22.0 Å². The highest BCUT2D eigenvalue weighted by Crippen LogP contribution is 2.44. The van der Waals surface area contributed by atoms with Crippen LogP contribution in [0.2, 0.25) is 0 Å². The van der Waals surface area contributed by atoms with Gasteiger partial charge < -0.3 is 4.74 Å². The van der Waals surface area contributed by atoms with Gasteiger partial charge in [-0.25, -0.2) is 8.78 Å². The molecule has 1 aromatic rings. The van der Waals surface area contributed by atoms with E-state index in [-0.39, 0.29) is 18.3 Å². The monoisotopic (exact) mass is 428 g/mol. The minimum atomic E-state index is -4.60. The molecule has 0 unspecified atom stereocenters. The predicted octanol–water partition coefficient (Wildman–Crippen LogP) is 8.08. The molecule has 0 radical (unpaired) electrons. The fourth-order valence-electron chi connectivity index (χ4n) is 5.11. The maximum absolute atomic E-state index is 14.3. The van der Waals surface area contributed by atoms with E-state index in [0.29, 0.717) is 17.4 Å². The molecule has 2 saturated carbocycles. The van der Waals surface area contributed by atoms with Gasteiger partial charge in [-0.1, -0.05) is 12.2 Å². The molecule has 2 aliphatic rings. The lowest BCUT2D eigenvalue weighted by Crippen LogP contribution is -2.25. The molecule has 0 aliphatic heterocycles. The Morgan fingerprint density at radius 1 is 0.867 bits per heavy atom. The van der Waals surface area contributed by atoms with Crippen LogP contribution in [0.5, 0.6) is 5.75 Å². The Labute approximate surface area is 175 Å². The number of allylic oxidation sites excluding steroid dienone is 3. The number of rotatable bonds is 5. The van der Waals surface area contributed by atoms with Crippen LogP contribution in [0.25, 0.3) is 0 Å². The zero-order valence-electron chi connectivity index (χ0n) is 17.2. The van der Waals surface area contributed by atoms with E-state index in [1.54, 1.807) is 0 Å². The second-order valence-electron chi connectivity index (χ2n) is 8.59. The van der Waals surface area contributed by atoms with Crippen LogP contribution >= 0.6 is 0 Å². The number of hydrogen-bond acceptors (Lipinski definition) is 1. The lowest BCUT2D eigenvalue weighted by atomic mass is 9.68. The molecule has 0 amide bonds. The van der Waals surface area contributed by atoms with Crippen molar-refractivity contribution in [3.63, 3.8) is 0 Å². The first-order chi connectivity index (χ1) is 14.3. The van der Waals surface area contributed by atoms with Crippen LogP contribution in [0, 0.1) is 29.4 Å². The summed E-state index contributed by atoms with van der Waals surface area (Å²) in [6.07, 6.45) is 8.78. The number of halogens is 5.